The second-order valence-corrected chi connectivity index (χ2v) is 7.97. The van der Waals surface area contributed by atoms with Gasteiger partial charge in [0.2, 0.25) is 5.91 Å². The molecule has 1 amide bonds. The Morgan fingerprint density at radius 1 is 1.25 bits per heavy atom. The predicted octanol–water partition coefficient (Wildman–Crippen LogP) is 2.96. The van der Waals surface area contributed by atoms with Crippen LogP contribution in [-0.4, -0.2) is 46.1 Å². The Labute approximate surface area is 185 Å². The van der Waals surface area contributed by atoms with E-state index in [1.54, 1.807) is 6.08 Å². The molecular weight excluding hydrogens is 427 g/mol. The van der Waals surface area contributed by atoms with Crippen molar-refractivity contribution in [2.24, 2.45) is 17.6 Å². The van der Waals surface area contributed by atoms with Gasteiger partial charge >= 0.3 is 6.18 Å². The molecule has 1 saturated carbocycles. The molecule has 0 saturated heterocycles. The maximum atomic E-state index is 12.8. The molecule has 0 spiro atoms. The summed E-state index contributed by atoms with van der Waals surface area (Å²) in [6.07, 6.45) is 2.13. The normalized spacial score (nSPS) is 24.9. The van der Waals surface area contributed by atoms with Crippen LogP contribution >= 0.6 is 0 Å². The average Bonchev–Trinajstić information content (AvgIpc) is 2.99. The van der Waals surface area contributed by atoms with Gasteiger partial charge in [-0.1, -0.05) is 30.4 Å². The van der Waals surface area contributed by atoms with Crippen LogP contribution in [0.2, 0.25) is 0 Å². The van der Waals surface area contributed by atoms with Gasteiger partial charge in [0.05, 0.1) is 17.8 Å². The van der Waals surface area contributed by atoms with Crippen LogP contribution in [0.25, 0.3) is 0 Å². The average molecular weight is 457 g/mol. The predicted molar refractivity (Wildman–Crippen MR) is 112 cm³/mol. The molecule has 0 radical (unpaired) electrons. The summed E-state index contributed by atoms with van der Waals surface area (Å²) in [6, 6.07) is 4.39. The van der Waals surface area contributed by atoms with Gasteiger partial charge in [-0.05, 0) is 43.4 Å². The highest BCUT2D eigenvalue weighted by atomic mass is 19.4. The summed E-state index contributed by atoms with van der Waals surface area (Å²) in [5.41, 5.74) is 4.25. The second kappa shape index (κ2) is 12.0. The molecule has 5 atom stereocenters. The number of benzene rings is 1. The van der Waals surface area contributed by atoms with Gasteiger partial charge in [0.1, 0.15) is 18.5 Å². The van der Waals surface area contributed by atoms with Crippen LogP contribution in [0.3, 0.4) is 0 Å². The van der Waals surface area contributed by atoms with Gasteiger partial charge in [-0.15, -0.1) is 0 Å². The van der Waals surface area contributed by atoms with Crippen molar-refractivity contribution in [2.45, 2.75) is 56.6 Å². The molecule has 1 aliphatic rings. The molecule has 32 heavy (non-hydrogen) atoms. The van der Waals surface area contributed by atoms with E-state index >= 15 is 0 Å². The van der Waals surface area contributed by atoms with Crippen molar-refractivity contribution < 1.29 is 38.0 Å². The first-order valence-electron chi connectivity index (χ1n) is 10.5. The number of halogens is 3. The Morgan fingerprint density at radius 2 is 2.00 bits per heavy atom. The first-order valence-corrected chi connectivity index (χ1v) is 10.5. The highest BCUT2D eigenvalue weighted by Gasteiger charge is 2.39. The number of amides is 1. The molecule has 1 aromatic rings. The topological polar surface area (TPSA) is 113 Å². The number of hydrogen-bond donors (Lipinski definition) is 4. The zero-order valence-corrected chi connectivity index (χ0v) is 17.6. The summed E-state index contributed by atoms with van der Waals surface area (Å²) in [7, 11) is 0. The van der Waals surface area contributed by atoms with E-state index in [0.717, 1.165) is 12.1 Å². The Morgan fingerprint density at radius 3 is 2.69 bits per heavy atom. The van der Waals surface area contributed by atoms with E-state index in [2.05, 4.69) is 0 Å². The van der Waals surface area contributed by atoms with Crippen molar-refractivity contribution in [1.29, 1.82) is 0 Å². The maximum absolute atomic E-state index is 12.8. The van der Waals surface area contributed by atoms with E-state index in [0.29, 0.717) is 25.7 Å². The molecule has 1 aromatic carbocycles. The molecule has 1 fully saturated rings. The maximum Gasteiger partial charge on any atom is 0.416 e. The van der Waals surface area contributed by atoms with E-state index in [1.807, 2.05) is 12.2 Å². The lowest BCUT2D eigenvalue weighted by Gasteiger charge is -2.19. The third-order valence-corrected chi connectivity index (χ3v) is 5.42. The van der Waals surface area contributed by atoms with E-state index in [9.17, 15) is 33.3 Å². The molecule has 0 aliphatic heterocycles. The number of rotatable bonds is 11. The lowest BCUT2D eigenvalue weighted by molar-refractivity contribution is -0.137. The van der Waals surface area contributed by atoms with Crippen molar-refractivity contribution in [3.05, 3.63) is 54.1 Å². The Bertz CT molecular complexity index is 796. The van der Waals surface area contributed by atoms with Gasteiger partial charge in [0.25, 0.3) is 0 Å². The van der Waals surface area contributed by atoms with Gasteiger partial charge in [-0.3, -0.25) is 4.79 Å². The number of carbonyl (C=O) groups is 1. The van der Waals surface area contributed by atoms with E-state index in [1.165, 1.54) is 18.2 Å². The molecular formula is C23H30F3NO5. The highest BCUT2D eigenvalue weighted by molar-refractivity contribution is 5.73. The number of unbranched alkanes of at least 4 members (excludes halogenated alkanes) is 1. The third kappa shape index (κ3) is 8.29. The zero-order chi connectivity index (χ0) is 23.7. The molecule has 1 aliphatic carbocycles. The molecule has 178 valence electrons. The van der Waals surface area contributed by atoms with Crippen LogP contribution in [0.4, 0.5) is 13.2 Å². The molecule has 2 rings (SSSR count). The Hall–Kier alpha value is -2.36. The van der Waals surface area contributed by atoms with Crippen molar-refractivity contribution in [3.8, 4) is 5.75 Å². The fourth-order valence-corrected chi connectivity index (χ4v) is 3.73. The van der Waals surface area contributed by atoms with E-state index < -0.39 is 30.1 Å². The van der Waals surface area contributed by atoms with Crippen molar-refractivity contribution in [2.75, 3.05) is 6.61 Å². The SMILES string of the molecule is NC(=O)CCC/C=C/C[C@@H]1[C@@H](/C=C/[C@@H](O)COc2cccc(C(F)(F)F)c2)[C@H](O)C[C@@H]1O. The number of carbonyl (C=O) groups excluding carboxylic acids is 1. The van der Waals surface area contributed by atoms with Crippen LogP contribution in [0.5, 0.6) is 5.75 Å². The Balaban J connectivity index is 1.87. The molecule has 0 heterocycles. The number of nitrogens with two attached hydrogens (primary N) is 1. The van der Waals surface area contributed by atoms with Gasteiger partial charge < -0.3 is 25.8 Å². The van der Waals surface area contributed by atoms with Gasteiger partial charge in [0.15, 0.2) is 0 Å². The van der Waals surface area contributed by atoms with Crippen molar-refractivity contribution >= 4 is 5.91 Å². The second-order valence-electron chi connectivity index (χ2n) is 7.97. The number of aliphatic hydroxyl groups is 3. The van der Waals surface area contributed by atoms with Gasteiger partial charge in [0, 0.05) is 18.8 Å². The summed E-state index contributed by atoms with van der Waals surface area (Å²) in [5.74, 6) is -0.995. The molecule has 5 N–H and O–H groups in total. The number of primary amides is 1. The minimum Gasteiger partial charge on any atom is -0.491 e. The lowest BCUT2D eigenvalue weighted by atomic mass is 9.89. The molecule has 0 bridgehead atoms. The summed E-state index contributed by atoms with van der Waals surface area (Å²) >= 11 is 0. The number of aliphatic hydroxyl groups excluding tert-OH is 3. The van der Waals surface area contributed by atoms with Gasteiger partial charge in [-0.25, -0.2) is 0 Å². The first kappa shape index (κ1) is 25.9. The third-order valence-electron chi connectivity index (χ3n) is 5.42. The summed E-state index contributed by atoms with van der Waals surface area (Å²) in [6.45, 7) is -0.256. The first-order chi connectivity index (χ1) is 15.1. The standard InChI is InChI=1S/C23H30F3NO5/c24-23(25,26)15-6-5-7-17(12-15)32-14-16(28)10-11-19-18(20(29)13-21(19)30)8-3-1-2-4-9-22(27)31/h1,3,5-7,10-12,16,18-21,28-30H,2,4,8-9,13-14H2,(H2,27,31)/b3-1+,11-10+/t16-,18-,19-,20+,21-/m1/s1. The molecule has 9 heteroatoms. The highest BCUT2D eigenvalue weighted by Crippen LogP contribution is 2.36. The zero-order valence-electron chi connectivity index (χ0n) is 17.6. The fourth-order valence-electron chi connectivity index (χ4n) is 3.73. The smallest absolute Gasteiger partial charge is 0.416 e. The van der Waals surface area contributed by atoms with Crippen LogP contribution in [0.15, 0.2) is 48.6 Å². The number of hydrogen-bond acceptors (Lipinski definition) is 5. The minimum atomic E-state index is -4.48. The fraction of sp³-hybridized carbons (Fsp3) is 0.522. The monoisotopic (exact) mass is 457 g/mol. The van der Waals surface area contributed by atoms with E-state index in [-0.39, 0.29) is 36.5 Å². The molecule has 0 unspecified atom stereocenters. The summed E-state index contributed by atoms with van der Waals surface area (Å²) in [5, 5.41) is 30.6. The summed E-state index contributed by atoms with van der Waals surface area (Å²) in [4.78, 5) is 10.7. The van der Waals surface area contributed by atoms with Crippen LogP contribution in [-0.2, 0) is 11.0 Å². The number of allylic oxidation sites excluding steroid dienone is 2. The molecule has 0 aromatic heterocycles. The number of ether oxygens (including phenoxy) is 1. The van der Waals surface area contributed by atoms with Crippen LogP contribution in [0.1, 0.15) is 37.7 Å². The van der Waals surface area contributed by atoms with Crippen LogP contribution in [0, 0.1) is 11.8 Å². The van der Waals surface area contributed by atoms with Gasteiger partial charge in [-0.2, -0.15) is 13.2 Å². The van der Waals surface area contributed by atoms with Crippen molar-refractivity contribution in [3.63, 3.8) is 0 Å². The number of alkyl halides is 3. The Kier molecular flexibility index (Phi) is 9.74. The van der Waals surface area contributed by atoms with Crippen LogP contribution < -0.4 is 10.5 Å². The van der Waals surface area contributed by atoms with Crippen molar-refractivity contribution in [1.82, 2.24) is 0 Å². The molecule has 6 nitrogen and oxygen atoms in total. The largest absolute Gasteiger partial charge is 0.491 e. The lowest BCUT2D eigenvalue weighted by Crippen LogP contribution is -2.21. The van der Waals surface area contributed by atoms with E-state index in [4.69, 9.17) is 10.5 Å². The summed E-state index contributed by atoms with van der Waals surface area (Å²) < 4.78 is 43.5. The minimum absolute atomic E-state index is 0.0112. The quantitative estimate of drug-likeness (QED) is 0.301.